The van der Waals surface area contributed by atoms with E-state index in [0.29, 0.717) is 24.2 Å². The van der Waals surface area contributed by atoms with Crippen molar-refractivity contribution in [2.24, 2.45) is 0 Å². The summed E-state index contributed by atoms with van der Waals surface area (Å²) >= 11 is 0. The van der Waals surface area contributed by atoms with Gasteiger partial charge in [-0.3, -0.25) is 4.79 Å². The van der Waals surface area contributed by atoms with E-state index in [-0.39, 0.29) is 17.7 Å². The fraction of sp³-hybridized carbons (Fsp3) is 0.364. The molecule has 1 aromatic carbocycles. The summed E-state index contributed by atoms with van der Waals surface area (Å²) in [5.74, 6) is 0.446. The summed E-state index contributed by atoms with van der Waals surface area (Å²) in [6.07, 6.45) is 0.856. The Morgan fingerprint density at radius 3 is 2.71 bits per heavy atom. The van der Waals surface area contributed by atoms with Crippen LogP contribution in [0.1, 0.15) is 18.4 Å². The zero-order valence-corrected chi connectivity index (χ0v) is 7.92. The number of ketones is 1. The lowest BCUT2D eigenvalue weighted by Gasteiger charge is -2.25. The van der Waals surface area contributed by atoms with E-state index in [4.69, 9.17) is 4.74 Å². The van der Waals surface area contributed by atoms with Crippen LogP contribution >= 0.6 is 0 Å². The van der Waals surface area contributed by atoms with Gasteiger partial charge in [0.25, 0.3) is 0 Å². The average Bonchev–Trinajstić information content (AvgIpc) is 2.09. The molecule has 2 rings (SSSR count). The first kappa shape index (κ1) is 9.19. The van der Waals surface area contributed by atoms with Crippen LogP contribution in [-0.2, 0) is 4.79 Å². The van der Waals surface area contributed by atoms with Gasteiger partial charge in [0.15, 0.2) is 0 Å². The highest BCUT2D eigenvalue weighted by atomic mass is 19.1. The van der Waals surface area contributed by atoms with E-state index in [1.165, 1.54) is 6.07 Å². The minimum absolute atomic E-state index is 0.0513. The number of benzene rings is 1. The van der Waals surface area contributed by atoms with Gasteiger partial charge in [-0.25, -0.2) is 4.39 Å². The molecule has 1 fully saturated rings. The Kier molecular flexibility index (Phi) is 2.23. The van der Waals surface area contributed by atoms with Crippen LogP contribution in [0.2, 0.25) is 0 Å². The van der Waals surface area contributed by atoms with Gasteiger partial charge in [-0.1, -0.05) is 6.07 Å². The van der Waals surface area contributed by atoms with Gasteiger partial charge in [-0.05, 0) is 18.6 Å². The molecule has 0 aliphatic heterocycles. The Morgan fingerprint density at radius 1 is 1.43 bits per heavy atom. The van der Waals surface area contributed by atoms with Crippen LogP contribution in [0.15, 0.2) is 18.2 Å². The number of rotatable bonds is 2. The van der Waals surface area contributed by atoms with Crippen molar-refractivity contribution in [3.8, 4) is 5.75 Å². The highest BCUT2D eigenvalue weighted by Crippen LogP contribution is 2.23. The van der Waals surface area contributed by atoms with Gasteiger partial charge in [0, 0.05) is 18.9 Å². The first-order valence-electron chi connectivity index (χ1n) is 4.59. The Bertz CT molecular complexity index is 366. The van der Waals surface area contributed by atoms with Crippen LogP contribution in [0, 0.1) is 12.7 Å². The smallest absolute Gasteiger partial charge is 0.140 e. The topological polar surface area (TPSA) is 26.3 Å². The molecule has 1 aliphatic rings. The van der Waals surface area contributed by atoms with Gasteiger partial charge in [0.2, 0.25) is 0 Å². The monoisotopic (exact) mass is 194 g/mol. The molecule has 0 aromatic heterocycles. The third kappa shape index (κ3) is 1.76. The lowest BCUT2D eigenvalue weighted by Crippen LogP contribution is -2.33. The molecule has 1 saturated carbocycles. The normalized spacial score (nSPS) is 16.6. The molecule has 0 spiro atoms. The molecule has 2 nitrogen and oxygen atoms in total. The standard InChI is InChI=1S/C11H11FO2/c1-7-2-3-9(6-11(7)12)14-10-4-8(13)5-10/h2-3,6,10H,4-5H2,1H3. The first-order valence-corrected chi connectivity index (χ1v) is 4.59. The quantitative estimate of drug-likeness (QED) is 0.721. The van der Waals surface area contributed by atoms with E-state index in [9.17, 15) is 9.18 Å². The molecule has 1 aliphatic carbocycles. The van der Waals surface area contributed by atoms with Crippen LogP contribution in [0.25, 0.3) is 0 Å². The average molecular weight is 194 g/mol. The van der Waals surface area contributed by atoms with Crippen molar-refractivity contribution in [2.45, 2.75) is 25.9 Å². The highest BCUT2D eigenvalue weighted by Gasteiger charge is 2.28. The van der Waals surface area contributed by atoms with E-state index in [1.54, 1.807) is 19.1 Å². The number of carbonyl (C=O) groups is 1. The van der Waals surface area contributed by atoms with E-state index in [0.717, 1.165) is 0 Å². The molecule has 0 N–H and O–H groups in total. The molecule has 0 atom stereocenters. The Hall–Kier alpha value is -1.38. The van der Waals surface area contributed by atoms with E-state index < -0.39 is 0 Å². The maximum Gasteiger partial charge on any atom is 0.140 e. The van der Waals surface area contributed by atoms with Crippen LogP contribution in [0.3, 0.4) is 0 Å². The summed E-state index contributed by atoms with van der Waals surface area (Å²) in [5.41, 5.74) is 0.599. The second-order valence-electron chi connectivity index (χ2n) is 3.60. The number of halogens is 1. The van der Waals surface area contributed by atoms with Crippen molar-refractivity contribution < 1.29 is 13.9 Å². The Labute approximate surface area is 81.7 Å². The van der Waals surface area contributed by atoms with Crippen LogP contribution in [0.4, 0.5) is 4.39 Å². The fourth-order valence-corrected chi connectivity index (χ4v) is 1.37. The lowest BCUT2D eigenvalue weighted by molar-refractivity contribution is -0.129. The highest BCUT2D eigenvalue weighted by molar-refractivity contribution is 5.85. The van der Waals surface area contributed by atoms with Gasteiger partial charge >= 0.3 is 0 Å². The number of aryl methyl sites for hydroxylation is 1. The van der Waals surface area contributed by atoms with Gasteiger partial charge in [0.05, 0.1) is 0 Å². The number of hydrogen-bond donors (Lipinski definition) is 0. The summed E-state index contributed by atoms with van der Waals surface area (Å²) in [6, 6.07) is 4.75. The SMILES string of the molecule is Cc1ccc(OC2CC(=O)C2)cc1F. The third-order valence-corrected chi connectivity index (χ3v) is 2.36. The second kappa shape index (κ2) is 3.40. The minimum atomic E-state index is -0.270. The van der Waals surface area contributed by atoms with Gasteiger partial charge in [0.1, 0.15) is 23.5 Å². The van der Waals surface area contributed by atoms with Crippen LogP contribution in [-0.4, -0.2) is 11.9 Å². The molecule has 0 heterocycles. The van der Waals surface area contributed by atoms with Crippen molar-refractivity contribution in [1.29, 1.82) is 0 Å². The Balaban J connectivity index is 2.03. The molecule has 0 amide bonds. The number of Topliss-reactive ketones (excluding diaryl/α,β-unsaturated/α-hetero) is 1. The van der Waals surface area contributed by atoms with Crippen molar-refractivity contribution in [1.82, 2.24) is 0 Å². The first-order chi connectivity index (χ1) is 6.65. The maximum absolute atomic E-state index is 13.1. The molecule has 0 bridgehead atoms. The van der Waals surface area contributed by atoms with Gasteiger partial charge in [-0.2, -0.15) is 0 Å². The molecule has 0 unspecified atom stereocenters. The fourth-order valence-electron chi connectivity index (χ4n) is 1.37. The summed E-state index contributed by atoms with van der Waals surface area (Å²) in [6.45, 7) is 1.70. The lowest BCUT2D eigenvalue weighted by atomic mass is 9.94. The largest absolute Gasteiger partial charge is 0.489 e. The van der Waals surface area contributed by atoms with Crippen molar-refractivity contribution in [3.63, 3.8) is 0 Å². The maximum atomic E-state index is 13.1. The van der Waals surface area contributed by atoms with E-state index in [1.807, 2.05) is 0 Å². The summed E-state index contributed by atoms with van der Waals surface area (Å²) in [5, 5.41) is 0. The summed E-state index contributed by atoms with van der Waals surface area (Å²) < 4.78 is 18.5. The molecular weight excluding hydrogens is 183 g/mol. The van der Waals surface area contributed by atoms with Gasteiger partial charge < -0.3 is 4.74 Å². The minimum Gasteiger partial charge on any atom is -0.489 e. The molecule has 0 saturated heterocycles. The van der Waals surface area contributed by atoms with Crippen LogP contribution in [0.5, 0.6) is 5.75 Å². The molecule has 14 heavy (non-hydrogen) atoms. The van der Waals surface area contributed by atoms with Crippen molar-refractivity contribution in [3.05, 3.63) is 29.6 Å². The summed E-state index contributed by atoms with van der Waals surface area (Å²) in [7, 11) is 0. The predicted octanol–water partition coefficient (Wildman–Crippen LogP) is 2.24. The molecule has 3 heteroatoms. The van der Waals surface area contributed by atoms with Crippen LogP contribution < -0.4 is 4.74 Å². The Morgan fingerprint density at radius 2 is 2.14 bits per heavy atom. The summed E-state index contributed by atoms with van der Waals surface area (Å²) in [4.78, 5) is 10.7. The molecule has 74 valence electrons. The zero-order valence-electron chi connectivity index (χ0n) is 7.92. The second-order valence-corrected chi connectivity index (χ2v) is 3.60. The molecular formula is C11H11FO2. The van der Waals surface area contributed by atoms with E-state index in [2.05, 4.69) is 0 Å². The molecule has 0 radical (unpaired) electrons. The zero-order chi connectivity index (χ0) is 10.1. The van der Waals surface area contributed by atoms with E-state index >= 15 is 0 Å². The number of hydrogen-bond acceptors (Lipinski definition) is 2. The van der Waals surface area contributed by atoms with Crippen molar-refractivity contribution in [2.75, 3.05) is 0 Å². The van der Waals surface area contributed by atoms with Gasteiger partial charge in [-0.15, -0.1) is 0 Å². The molecule has 1 aromatic rings. The number of carbonyl (C=O) groups excluding carboxylic acids is 1. The third-order valence-electron chi connectivity index (χ3n) is 2.36. The predicted molar refractivity (Wildman–Crippen MR) is 49.8 cm³/mol. The van der Waals surface area contributed by atoms with Crippen molar-refractivity contribution >= 4 is 5.78 Å². The number of ether oxygens (including phenoxy) is 1.